The molecule has 6 nitrogen and oxygen atoms in total. The summed E-state index contributed by atoms with van der Waals surface area (Å²) >= 11 is 1.38. The molecule has 18 heavy (non-hydrogen) atoms. The Labute approximate surface area is 107 Å². The molecule has 0 saturated heterocycles. The summed E-state index contributed by atoms with van der Waals surface area (Å²) in [5.74, 6) is -0.605. The van der Waals surface area contributed by atoms with E-state index in [1.807, 2.05) is 12.3 Å². The predicted molar refractivity (Wildman–Crippen MR) is 65.3 cm³/mol. The lowest BCUT2D eigenvalue weighted by Crippen LogP contribution is -2.08. The van der Waals surface area contributed by atoms with Gasteiger partial charge in [-0.25, -0.2) is 14.5 Å². The van der Waals surface area contributed by atoms with Gasteiger partial charge in [0.25, 0.3) is 0 Å². The van der Waals surface area contributed by atoms with E-state index in [1.165, 1.54) is 22.2 Å². The van der Waals surface area contributed by atoms with Crippen molar-refractivity contribution in [3.63, 3.8) is 0 Å². The topological polar surface area (TPSA) is 74.1 Å². The number of aldehydes is 1. The number of rotatable bonds is 4. The first kappa shape index (κ1) is 12.4. The quantitative estimate of drug-likeness (QED) is 0.620. The average Bonchev–Trinajstić information content (AvgIpc) is 2.94. The molecule has 2 aromatic rings. The van der Waals surface area contributed by atoms with E-state index in [2.05, 4.69) is 10.1 Å². The molecule has 0 aliphatic heterocycles. The Morgan fingerprint density at radius 1 is 1.61 bits per heavy atom. The number of aryl methyl sites for hydroxylation is 1. The van der Waals surface area contributed by atoms with Crippen LogP contribution in [0.4, 0.5) is 0 Å². The molecular formula is C11H11N3O3S. The molecule has 0 atom stereocenters. The Morgan fingerprint density at radius 3 is 2.94 bits per heavy atom. The molecular weight excluding hydrogens is 254 g/mol. The summed E-state index contributed by atoms with van der Waals surface area (Å²) in [5, 5.41) is 6.51. The van der Waals surface area contributed by atoms with Crippen molar-refractivity contribution in [2.45, 2.75) is 13.8 Å². The molecule has 0 radical (unpaired) electrons. The van der Waals surface area contributed by atoms with E-state index in [0.29, 0.717) is 11.4 Å². The molecule has 0 aliphatic carbocycles. The van der Waals surface area contributed by atoms with Crippen molar-refractivity contribution in [3.05, 3.63) is 28.5 Å². The molecule has 2 heterocycles. The van der Waals surface area contributed by atoms with Crippen LogP contribution in [0.3, 0.4) is 0 Å². The van der Waals surface area contributed by atoms with Crippen molar-refractivity contribution in [2.75, 3.05) is 6.61 Å². The minimum absolute atomic E-state index is 0.0136. The number of carbonyl (C=O) groups is 2. The smallest absolute Gasteiger partial charge is 0.359 e. The lowest BCUT2D eigenvalue weighted by Gasteiger charge is -1.97. The Balaban J connectivity index is 2.40. The van der Waals surface area contributed by atoms with E-state index in [4.69, 9.17) is 4.74 Å². The van der Waals surface area contributed by atoms with Crippen molar-refractivity contribution < 1.29 is 14.3 Å². The van der Waals surface area contributed by atoms with Crippen LogP contribution < -0.4 is 0 Å². The van der Waals surface area contributed by atoms with E-state index in [-0.39, 0.29) is 17.9 Å². The zero-order valence-electron chi connectivity index (χ0n) is 9.91. The zero-order chi connectivity index (χ0) is 13.1. The summed E-state index contributed by atoms with van der Waals surface area (Å²) in [6.07, 6.45) is 2.05. The molecule has 0 N–H and O–H groups in total. The minimum Gasteiger partial charge on any atom is -0.461 e. The maximum atomic E-state index is 11.6. The summed E-state index contributed by atoms with van der Waals surface area (Å²) in [4.78, 5) is 26.7. The maximum Gasteiger partial charge on any atom is 0.359 e. The van der Waals surface area contributed by atoms with Crippen LogP contribution in [0.15, 0.2) is 11.6 Å². The van der Waals surface area contributed by atoms with Gasteiger partial charge in [0.15, 0.2) is 12.0 Å². The van der Waals surface area contributed by atoms with Gasteiger partial charge in [0.1, 0.15) is 0 Å². The van der Waals surface area contributed by atoms with Gasteiger partial charge in [0.2, 0.25) is 5.13 Å². The lowest BCUT2D eigenvalue weighted by atomic mass is 10.3. The van der Waals surface area contributed by atoms with Crippen LogP contribution in [-0.4, -0.2) is 33.6 Å². The molecule has 0 saturated carbocycles. The van der Waals surface area contributed by atoms with Crippen LogP contribution >= 0.6 is 11.3 Å². The zero-order valence-corrected chi connectivity index (χ0v) is 10.7. The number of ether oxygens (including phenoxy) is 1. The number of esters is 1. The maximum absolute atomic E-state index is 11.6. The molecule has 0 amide bonds. The summed E-state index contributed by atoms with van der Waals surface area (Å²) in [6, 6.07) is 0. The second-order valence-corrected chi connectivity index (χ2v) is 4.32. The van der Waals surface area contributed by atoms with Crippen LogP contribution in [0, 0.1) is 6.92 Å². The molecule has 0 aromatic carbocycles. The number of nitrogens with zero attached hydrogens (tertiary/aromatic N) is 3. The number of carbonyl (C=O) groups excluding carboxylic acids is 2. The first-order valence-electron chi connectivity index (χ1n) is 5.30. The van der Waals surface area contributed by atoms with Gasteiger partial charge in [0, 0.05) is 11.6 Å². The van der Waals surface area contributed by atoms with Crippen LogP contribution in [0.25, 0.3) is 5.13 Å². The Bertz CT molecular complexity index is 588. The fourth-order valence-electron chi connectivity index (χ4n) is 1.38. The van der Waals surface area contributed by atoms with E-state index in [0.717, 1.165) is 5.69 Å². The second kappa shape index (κ2) is 5.09. The van der Waals surface area contributed by atoms with Crippen molar-refractivity contribution >= 4 is 23.6 Å². The van der Waals surface area contributed by atoms with Gasteiger partial charge in [-0.3, -0.25) is 4.79 Å². The number of thiazole rings is 1. The van der Waals surface area contributed by atoms with Crippen molar-refractivity contribution in [1.82, 2.24) is 14.8 Å². The first-order chi connectivity index (χ1) is 8.65. The average molecular weight is 265 g/mol. The highest BCUT2D eigenvalue weighted by molar-refractivity contribution is 7.12. The lowest BCUT2D eigenvalue weighted by molar-refractivity contribution is 0.0517. The highest BCUT2D eigenvalue weighted by Crippen LogP contribution is 2.16. The largest absolute Gasteiger partial charge is 0.461 e. The summed E-state index contributed by atoms with van der Waals surface area (Å²) in [6.45, 7) is 3.79. The molecule has 0 spiro atoms. The summed E-state index contributed by atoms with van der Waals surface area (Å²) in [7, 11) is 0. The summed E-state index contributed by atoms with van der Waals surface area (Å²) in [5.41, 5.74) is 1.07. The van der Waals surface area contributed by atoms with Gasteiger partial charge >= 0.3 is 5.97 Å². The summed E-state index contributed by atoms with van der Waals surface area (Å²) < 4.78 is 6.24. The second-order valence-electron chi connectivity index (χ2n) is 3.49. The standard InChI is InChI=1S/C11H11N3O3S/c1-3-17-10(16)9-8(5-15)4-14(13-9)11-12-7(2)6-18-11/h4-6H,3H2,1-2H3. The first-order valence-corrected chi connectivity index (χ1v) is 6.18. The molecule has 7 heteroatoms. The predicted octanol–water partition coefficient (Wildman–Crippen LogP) is 1.63. The minimum atomic E-state index is -0.605. The van der Waals surface area contributed by atoms with E-state index in [1.54, 1.807) is 6.92 Å². The Hall–Kier alpha value is -2.02. The van der Waals surface area contributed by atoms with Crippen LogP contribution in [0.1, 0.15) is 33.5 Å². The monoisotopic (exact) mass is 265 g/mol. The van der Waals surface area contributed by atoms with Crippen LogP contribution in [0.5, 0.6) is 0 Å². The number of aromatic nitrogens is 3. The van der Waals surface area contributed by atoms with E-state index in [9.17, 15) is 9.59 Å². The molecule has 2 rings (SSSR count). The molecule has 2 aromatic heterocycles. The number of hydrogen-bond acceptors (Lipinski definition) is 6. The van der Waals surface area contributed by atoms with Crippen molar-refractivity contribution in [3.8, 4) is 5.13 Å². The molecule has 0 fully saturated rings. The van der Waals surface area contributed by atoms with E-state index >= 15 is 0 Å². The van der Waals surface area contributed by atoms with Crippen LogP contribution in [-0.2, 0) is 4.74 Å². The Kier molecular flexibility index (Phi) is 3.52. The van der Waals surface area contributed by atoms with Gasteiger partial charge in [-0.15, -0.1) is 11.3 Å². The molecule has 0 bridgehead atoms. The SMILES string of the molecule is CCOC(=O)c1nn(-c2nc(C)cs2)cc1C=O. The van der Waals surface area contributed by atoms with Gasteiger partial charge in [-0.1, -0.05) is 0 Å². The normalized spacial score (nSPS) is 10.3. The third-order valence-corrected chi connectivity index (χ3v) is 3.09. The third-order valence-electron chi connectivity index (χ3n) is 2.14. The van der Waals surface area contributed by atoms with Crippen molar-refractivity contribution in [1.29, 1.82) is 0 Å². The molecule has 94 valence electrons. The van der Waals surface area contributed by atoms with Gasteiger partial charge in [-0.05, 0) is 13.8 Å². The van der Waals surface area contributed by atoms with Crippen LogP contribution in [0.2, 0.25) is 0 Å². The third kappa shape index (κ3) is 2.30. The molecule has 0 unspecified atom stereocenters. The highest BCUT2D eigenvalue weighted by Gasteiger charge is 2.18. The van der Waals surface area contributed by atoms with Crippen molar-refractivity contribution in [2.24, 2.45) is 0 Å². The van der Waals surface area contributed by atoms with Gasteiger partial charge in [0.05, 0.1) is 17.9 Å². The number of hydrogen-bond donors (Lipinski definition) is 0. The van der Waals surface area contributed by atoms with Gasteiger partial charge < -0.3 is 4.74 Å². The Morgan fingerprint density at radius 2 is 2.39 bits per heavy atom. The fraction of sp³-hybridized carbons (Fsp3) is 0.273. The fourth-order valence-corrected chi connectivity index (χ4v) is 2.10. The van der Waals surface area contributed by atoms with Gasteiger partial charge in [-0.2, -0.15) is 5.10 Å². The molecule has 0 aliphatic rings. The van der Waals surface area contributed by atoms with E-state index < -0.39 is 5.97 Å². The highest BCUT2D eigenvalue weighted by atomic mass is 32.1.